The second kappa shape index (κ2) is 13.6. The molecular weight excluding hydrogens is 535 g/mol. The number of benzene rings is 1. The number of nitrogens with zero attached hydrogens (tertiary/aromatic N) is 3. The Morgan fingerprint density at radius 2 is 2.00 bits per heavy atom. The van der Waals surface area contributed by atoms with Crippen LogP contribution in [0.4, 0.5) is 4.79 Å². The standard InChI is InChI=1S/C29H29N3O3S3/c1-21(16-23-5-3-4-22(17-23)6-7-24-18-26(19-30)37-20-24)10-12-31-14-15-36-29(34)32(31)13-11-25-8-9-27(38-25)28(33)35-2/h3-5,8-9,17-18,20-21H,10-16H2,1-2H3. The number of hydrogen-bond acceptors (Lipinski definition) is 8. The number of thioether (sulfide) groups is 1. The van der Waals surface area contributed by atoms with Crippen molar-refractivity contribution in [1.82, 2.24) is 10.0 Å². The summed E-state index contributed by atoms with van der Waals surface area (Å²) < 4.78 is 4.80. The molecule has 0 aliphatic carbocycles. The highest BCUT2D eigenvalue weighted by atomic mass is 32.2. The molecule has 1 amide bonds. The first-order valence-electron chi connectivity index (χ1n) is 12.4. The molecule has 0 spiro atoms. The van der Waals surface area contributed by atoms with Crippen LogP contribution in [0.5, 0.6) is 0 Å². The zero-order valence-electron chi connectivity index (χ0n) is 21.4. The second-order valence-corrected chi connectivity index (χ2v) is 12.2. The van der Waals surface area contributed by atoms with E-state index >= 15 is 0 Å². The zero-order chi connectivity index (χ0) is 26.9. The van der Waals surface area contributed by atoms with Gasteiger partial charge in [0.15, 0.2) is 0 Å². The Kier molecular flexibility index (Phi) is 10.0. The predicted molar refractivity (Wildman–Crippen MR) is 154 cm³/mol. The van der Waals surface area contributed by atoms with Crippen LogP contribution in [0.2, 0.25) is 0 Å². The fourth-order valence-corrected chi connectivity index (χ4v) is 6.58. The minimum atomic E-state index is -0.323. The average Bonchev–Trinajstić information content (AvgIpc) is 3.60. The van der Waals surface area contributed by atoms with Crippen LogP contribution >= 0.6 is 34.4 Å². The van der Waals surface area contributed by atoms with Crippen LogP contribution < -0.4 is 0 Å². The Bertz CT molecular complexity index is 1380. The van der Waals surface area contributed by atoms with Gasteiger partial charge >= 0.3 is 5.97 Å². The number of amides is 1. The van der Waals surface area contributed by atoms with E-state index in [1.807, 2.05) is 34.7 Å². The van der Waals surface area contributed by atoms with Crippen LogP contribution in [0.3, 0.4) is 0 Å². The van der Waals surface area contributed by atoms with Crippen molar-refractivity contribution in [3.8, 4) is 17.9 Å². The third-order valence-electron chi connectivity index (χ3n) is 6.20. The van der Waals surface area contributed by atoms with Crippen molar-refractivity contribution in [3.63, 3.8) is 0 Å². The summed E-state index contributed by atoms with van der Waals surface area (Å²) in [5, 5.41) is 15.0. The lowest BCUT2D eigenvalue weighted by Gasteiger charge is -2.38. The molecule has 2 aromatic heterocycles. The molecule has 1 aromatic carbocycles. The molecule has 1 saturated heterocycles. The van der Waals surface area contributed by atoms with Gasteiger partial charge < -0.3 is 4.74 Å². The molecule has 1 unspecified atom stereocenters. The van der Waals surface area contributed by atoms with Gasteiger partial charge in [0.05, 0.1) is 7.11 Å². The average molecular weight is 564 g/mol. The first-order chi connectivity index (χ1) is 18.4. The van der Waals surface area contributed by atoms with E-state index in [0.29, 0.717) is 28.6 Å². The van der Waals surface area contributed by atoms with Crippen molar-refractivity contribution in [2.45, 2.75) is 26.2 Å². The van der Waals surface area contributed by atoms with E-state index in [9.17, 15) is 9.59 Å². The summed E-state index contributed by atoms with van der Waals surface area (Å²) in [6.45, 7) is 4.52. The van der Waals surface area contributed by atoms with Gasteiger partial charge in [-0.15, -0.1) is 22.7 Å². The molecule has 4 rings (SSSR count). The van der Waals surface area contributed by atoms with Crippen molar-refractivity contribution in [3.05, 3.63) is 79.2 Å². The normalized spacial score (nSPS) is 14.4. The summed E-state index contributed by atoms with van der Waals surface area (Å²) in [7, 11) is 1.38. The van der Waals surface area contributed by atoms with Gasteiger partial charge in [0, 0.05) is 53.2 Å². The van der Waals surface area contributed by atoms with Gasteiger partial charge in [-0.05, 0) is 54.7 Å². The van der Waals surface area contributed by atoms with Crippen LogP contribution in [0.15, 0.2) is 47.8 Å². The smallest absolute Gasteiger partial charge is 0.348 e. The molecule has 1 aliphatic rings. The number of methoxy groups -OCH3 is 1. The van der Waals surface area contributed by atoms with Crippen LogP contribution in [-0.4, -0.2) is 53.7 Å². The molecule has 0 radical (unpaired) electrons. The van der Waals surface area contributed by atoms with Crippen LogP contribution in [0, 0.1) is 29.1 Å². The van der Waals surface area contributed by atoms with Gasteiger partial charge in [-0.25, -0.2) is 9.80 Å². The van der Waals surface area contributed by atoms with E-state index in [2.05, 4.69) is 42.0 Å². The molecule has 38 heavy (non-hydrogen) atoms. The van der Waals surface area contributed by atoms with Gasteiger partial charge in [0.1, 0.15) is 15.8 Å². The van der Waals surface area contributed by atoms with Crippen molar-refractivity contribution in [2.75, 3.05) is 32.5 Å². The molecule has 196 valence electrons. The highest BCUT2D eigenvalue weighted by molar-refractivity contribution is 8.13. The Balaban J connectivity index is 1.30. The van der Waals surface area contributed by atoms with E-state index in [-0.39, 0.29) is 11.2 Å². The summed E-state index contributed by atoms with van der Waals surface area (Å²) in [5.74, 6) is 7.28. The number of hydrazine groups is 1. The molecule has 0 N–H and O–H groups in total. The first-order valence-corrected chi connectivity index (χ1v) is 15.1. The number of carbonyl (C=O) groups excluding carboxylic acids is 2. The molecule has 1 aliphatic heterocycles. The van der Waals surface area contributed by atoms with E-state index in [0.717, 1.165) is 47.7 Å². The maximum atomic E-state index is 12.7. The molecule has 3 heterocycles. The number of thiophene rings is 2. The van der Waals surface area contributed by atoms with E-state index in [4.69, 9.17) is 10.00 Å². The Labute approximate surface area is 236 Å². The fourth-order valence-electron chi connectivity index (χ4n) is 4.21. The van der Waals surface area contributed by atoms with Crippen LogP contribution in [0.25, 0.3) is 0 Å². The fraction of sp³-hybridized carbons (Fsp3) is 0.345. The van der Waals surface area contributed by atoms with Crippen molar-refractivity contribution < 1.29 is 14.3 Å². The number of rotatable bonds is 9. The third-order valence-corrected chi connectivity index (χ3v) is 9.00. The molecule has 1 atom stereocenters. The third kappa shape index (κ3) is 7.72. The number of hydrogen-bond donors (Lipinski definition) is 0. The van der Waals surface area contributed by atoms with E-state index in [1.165, 1.54) is 47.1 Å². The maximum Gasteiger partial charge on any atom is 0.348 e. The Hall–Kier alpha value is -3.08. The number of esters is 1. The molecular formula is C29H29N3O3S3. The van der Waals surface area contributed by atoms with Gasteiger partial charge in [-0.1, -0.05) is 42.7 Å². The van der Waals surface area contributed by atoms with Gasteiger partial charge in [0.2, 0.25) is 0 Å². The highest BCUT2D eigenvalue weighted by Gasteiger charge is 2.27. The SMILES string of the molecule is COC(=O)c1ccc(CCN2C(=O)SCCN2CCC(C)Cc2cccc(C#Cc3csc(C#N)c3)c2)s1. The summed E-state index contributed by atoms with van der Waals surface area (Å²) in [6, 6.07) is 16.0. The second-order valence-electron chi connectivity index (χ2n) is 9.06. The molecule has 3 aromatic rings. The maximum absolute atomic E-state index is 12.7. The largest absolute Gasteiger partial charge is 0.465 e. The molecule has 0 saturated carbocycles. The summed E-state index contributed by atoms with van der Waals surface area (Å²) in [5.41, 5.74) is 3.08. The zero-order valence-corrected chi connectivity index (χ0v) is 23.9. The quantitative estimate of drug-likeness (QED) is 0.233. The molecule has 6 nitrogen and oxygen atoms in total. The number of carbonyl (C=O) groups is 2. The number of nitriles is 1. The summed E-state index contributed by atoms with van der Waals surface area (Å²) in [4.78, 5) is 26.7. The van der Waals surface area contributed by atoms with Gasteiger partial charge in [-0.2, -0.15) is 5.26 Å². The van der Waals surface area contributed by atoms with E-state index < -0.39 is 0 Å². The molecule has 9 heteroatoms. The minimum absolute atomic E-state index is 0.0902. The summed E-state index contributed by atoms with van der Waals surface area (Å²) in [6.07, 6.45) is 2.62. The van der Waals surface area contributed by atoms with Crippen LogP contribution in [0.1, 0.15) is 49.5 Å². The predicted octanol–water partition coefficient (Wildman–Crippen LogP) is 6.06. The Morgan fingerprint density at radius 1 is 1.16 bits per heavy atom. The van der Waals surface area contributed by atoms with Crippen LogP contribution in [-0.2, 0) is 17.6 Å². The first kappa shape index (κ1) is 27.9. The minimum Gasteiger partial charge on any atom is -0.465 e. The van der Waals surface area contributed by atoms with Crippen molar-refractivity contribution in [1.29, 1.82) is 5.26 Å². The van der Waals surface area contributed by atoms with Crippen molar-refractivity contribution >= 4 is 45.6 Å². The highest BCUT2D eigenvalue weighted by Crippen LogP contribution is 2.23. The van der Waals surface area contributed by atoms with Gasteiger partial charge in [0.25, 0.3) is 5.24 Å². The summed E-state index contributed by atoms with van der Waals surface area (Å²) >= 11 is 4.20. The lowest BCUT2D eigenvalue weighted by molar-refractivity contribution is 0.0241. The lowest BCUT2D eigenvalue weighted by atomic mass is 9.97. The Morgan fingerprint density at radius 3 is 2.79 bits per heavy atom. The van der Waals surface area contributed by atoms with Crippen molar-refractivity contribution in [2.24, 2.45) is 5.92 Å². The van der Waals surface area contributed by atoms with Gasteiger partial charge in [-0.3, -0.25) is 9.80 Å². The monoisotopic (exact) mass is 563 g/mol. The van der Waals surface area contributed by atoms with E-state index in [1.54, 1.807) is 6.07 Å². The molecule has 0 bridgehead atoms. The lowest BCUT2D eigenvalue weighted by Crippen LogP contribution is -2.50. The molecule has 1 fully saturated rings. The number of ether oxygens (including phenoxy) is 1. The topological polar surface area (TPSA) is 73.6 Å².